The standard InChI is InChI=1S/C19H20N4O3S/c1-12-7-15(13(2)23(12)19-20-5-6-27-19)11-21-22-18(24)14-8-16(25-3)10-17(9-14)26-4/h5-11H,1-4H3,(H,22,24)/b21-11-. The van der Waals surface area contributed by atoms with Gasteiger partial charge in [-0.1, -0.05) is 0 Å². The number of rotatable bonds is 6. The number of hydrogen-bond donors (Lipinski definition) is 1. The Balaban J connectivity index is 1.76. The summed E-state index contributed by atoms with van der Waals surface area (Å²) in [6, 6.07) is 6.96. The zero-order valence-electron chi connectivity index (χ0n) is 15.5. The molecule has 0 unspecified atom stereocenters. The number of methoxy groups -OCH3 is 2. The second kappa shape index (κ2) is 8.05. The largest absolute Gasteiger partial charge is 0.497 e. The van der Waals surface area contributed by atoms with E-state index in [1.54, 1.807) is 41.9 Å². The van der Waals surface area contributed by atoms with Crippen molar-refractivity contribution in [3.63, 3.8) is 0 Å². The van der Waals surface area contributed by atoms with Crippen LogP contribution < -0.4 is 14.9 Å². The number of nitrogens with one attached hydrogen (secondary N) is 1. The fourth-order valence-electron chi connectivity index (χ4n) is 2.70. The number of nitrogens with zero attached hydrogens (tertiary/aromatic N) is 3. The molecule has 0 aliphatic carbocycles. The van der Waals surface area contributed by atoms with Gasteiger partial charge in [-0.25, -0.2) is 10.4 Å². The van der Waals surface area contributed by atoms with Gasteiger partial charge in [0.15, 0.2) is 5.13 Å². The summed E-state index contributed by atoms with van der Waals surface area (Å²) in [5.41, 5.74) is 5.90. The van der Waals surface area contributed by atoms with Crippen molar-refractivity contribution in [3.8, 4) is 16.6 Å². The third kappa shape index (κ3) is 4.01. The van der Waals surface area contributed by atoms with Crippen molar-refractivity contribution >= 4 is 23.5 Å². The molecule has 3 rings (SSSR count). The number of thiazole rings is 1. The van der Waals surface area contributed by atoms with Crippen molar-refractivity contribution in [1.29, 1.82) is 0 Å². The first-order chi connectivity index (χ1) is 13.0. The van der Waals surface area contributed by atoms with E-state index in [2.05, 4.69) is 20.1 Å². The molecular weight excluding hydrogens is 364 g/mol. The van der Waals surface area contributed by atoms with Crippen LogP contribution in [0.2, 0.25) is 0 Å². The first-order valence-electron chi connectivity index (χ1n) is 8.18. The van der Waals surface area contributed by atoms with Crippen molar-refractivity contribution in [3.05, 3.63) is 58.4 Å². The molecule has 3 aromatic rings. The smallest absolute Gasteiger partial charge is 0.271 e. The maximum atomic E-state index is 12.4. The predicted octanol–water partition coefficient (Wildman–Crippen LogP) is 3.33. The summed E-state index contributed by atoms with van der Waals surface area (Å²) in [6.07, 6.45) is 3.40. The van der Waals surface area contributed by atoms with Crippen molar-refractivity contribution in [2.45, 2.75) is 13.8 Å². The lowest BCUT2D eigenvalue weighted by Crippen LogP contribution is -2.17. The van der Waals surface area contributed by atoms with Crippen molar-refractivity contribution in [2.24, 2.45) is 5.10 Å². The molecule has 0 spiro atoms. The van der Waals surface area contributed by atoms with Gasteiger partial charge in [0, 0.05) is 40.2 Å². The van der Waals surface area contributed by atoms with Crippen LogP contribution in [-0.4, -0.2) is 35.9 Å². The summed E-state index contributed by atoms with van der Waals surface area (Å²) < 4.78 is 12.4. The highest BCUT2D eigenvalue weighted by molar-refractivity contribution is 7.12. The van der Waals surface area contributed by atoms with Crippen molar-refractivity contribution in [2.75, 3.05) is 14.2 Å². The highest BCUT2D eigenvalue weighted by Crippen LogP contribution is 2.23. The van der Waals surface area contributed by atoms with E-state index < -0.39 is 0 Å². The molecule has 0 bridgehead atoms. The zero-order valence-corrected chi connectivity index (χ0v) is 16.3. The van der Waals surface area contributed by atoms with Crippen LogP contribution in [0.25, 0.3) is 5.13 Å². The molecule has 7 nitrogen and oxygen atoms in total. The minimum absolute atomic E-state index is 0.350. The lowest BCUT2D eigenvalue weighted by molar-refractivity contribution is 0.0954. The van der Waals surface area contributed by atoms with Gasteiger partial charge in [-0.05, 0) is 32.0 Å². The molecule has 0 saturated carbocycles. The van der Waals surface area contributed by atoms with Crippen molar-refractivity contribution in [1.82, 2.24) is 15.0 Å². The summed E-state index contributed by atoms with van der Waals surface area (Å²) in [4.78, 5) is 16.7. The summed E-state index contributed by atoms with van der Waals surface area (Å²) in [5.74, 6) is 0.725. The Kier molecular flexibility index (Phi) is 5.56. The summed E-state index contributed by atoms with van der Waals surface area (Å²) in [6.45, 7) is 4.00. The number of aryl methyl sites for hydroxylation is 1. The monoisotopic (exact) mass is 384 g/mol. The van der Waals surface area contributed by atoms with E-state index in [0.29, 0.717) is 17.1 Å². The number of ether oxygens (including phenoxy) is 2. The number of benzene rings is 1. The Hall–Kier alpha value is -3.13. The number of amides is 1. The molecule has 0 saturated heterocycles. The average molecular weight is 384 g/mol. The molecule has 2 aromatic heterocycles. The minimum Gasteiger partial charge on any atom is -0.497 e. The quantitative estimate of drug-likeness (QED) is 0.522. The van der Waals surface area contributed by atoms with E-state index in [9.17, 15) is 4.79 Å². The van der Waals surface area contributed by atoms with E-state index in [4.69, 9.17) is 9.47 Å². The van der Waals surface area contributed by atoms with Gasteiger partial charge in [0.25, 0.3) is 5.91 Å². The number of hydrogen-bond acceptors (Lipinski definition) is 6. The van der Waals surface area contributed by atoms with Crippen LogP contribution in [0.5, 0.6) is 11.5 Å². The van der Waals surface area contributed by atoms with Gasteiger partial charge in [-0.3, -0.25) is 9.36 Å². The molecule has 8 heteroatoms. The van der Waals surface area contributed by atoms with E-state index >= 15 is 0 Å². The molecule has 140 valence electrons. The van der Waals surface area contributed by atoms with E-state index in [1.807, 2.05) is 25.3 Å². The number of carbonyl (C=O) groups is 1. The van der Waals surface area contributed by atoms with Gasteiger partial charge < -0.3 is 9.47 Å². The van der Waals surface area contributed by atoms with Crippen LogP contribution in [0.3, 0.4) is 0 Å². The van der Waals surface area contributed by atoms with Gasteiger partial charge in [0.05, 0.1) is 20.4 Å². The molecule has 0 radical (unpaired) electrons. The first kappa shape index (κ1) is 18.7. The third-order valence-corrected chi connectivity index (χ3v) is 4.82. The van der Waals surface area contributed by atoms with Gasteiger partial charge in [0.2, 0.25) is 0 Å². The predicted molar refractivity (Wildman–Crippen MR) is 106 cm³/mol. The molecular formula is C19H20N4O3S. The summed E-state index contributed by atoms with van der Waals surface area (Å²) in [5, 5.41) is 6.92. The molecule has 0 atom stereocenters. The molecule has 1 N–H and O–H groups in total. The highest BCUT2D eigenvalue weighted by Gasteiger charge is 2.12. The maximum absolute atomic E-state index is 12.4. The Bertz CT molecular complexity index is 955. The normalized spacial score (nSPS) is 11.0. The highest BCUT2D eigenvalue weighted by atomic mass is 32.1. The molecule has 0 aliphatic heterocycles. The topological polar surface area (TPSA) is 77.7 Å². The Morgan fingerprint density at radius 1 is 1.19 bits per heavy atom. The molecule has 2 heterocycles. The molecule has 1 amide bonds. The molecule has 0 fully saturated rings. The van der Waals surface area contributed by atoms with Gasteiger partial charge >= 0.3 is 0 Å². The van der Waals surface area contributed by atoms with Crippen LogP contribution in [0.15, 0.2) is 40.9 Å². The lowest BCUT2D eigenvalue weighted by atomic mass is 10.2. The van der Waals surface area contributed by atoms with Crippen LogP contribution in [0, 0.1) is 13.8 Å². The Labute approximate surface area is 161 Å². The van der Waals surface area contributed by atoms with E-state index in [0.717, 1.165) is 22.1 Å². The van der Waals surface area contributed by atoms with Gasteiger partial charge in [-0.15, -0.1) is 11.3 Å². The number of aromatic nitrogens is 2. The fourth-order valence-corrected chi connectivity index (χ4v) is 3.45. The minimum atomic E-state index is -0.350. The molecule has 0 aliphatic rings. The van der Waals surface area contributed by atoms with E-state index in [1.165, 1.54) is 14.2 Å². The van der Waals surface area contributed by atoms with E-state index in [-0.39, 0.29) is 5.91 Å². The zero-order chi connectivity index (χ0) is 19.4. The second-order valence-electron chi connectivity index (χ2n) is 5.78. The SMILES string of the molecule is COc1cc(OC)cc(C(=O)N/N=C\c2cc(C)n(-c3nccs3)c2C)c1. The van der Waals surface area contributed by atoms with Crippen molar-refractivity contribution < 1.29 is 14.3 Å². The van der Waals surface area contributed by atoms with Crippen LogP contribution in [-0.2, 0) is 0 Å². The Morgan fingerprint density at radius 3 is 2.48 bits per heavy atom. The van der Waals surface area contributed by atoms with Crippen LogP contribution in [0.4, 0.5) is 0 Å². The van der Waals surface area contributed by atoms with Crippen LogP contribution in [0.1, 0.15) is 27.3 Å². The van der Waals surface area contributed by atoms with Gasteiger partial charge in [-0.2, -0.15) is 5.10 Å². The number of hydrazone groups is 1. The van der Waals surface area contributed by atoms with Crippen LogP contribution >= 0.6 is 11.3 Å². The number of carbonyl (C=O) groups excluding carboxylic acids is 1. The third-order valence-electron chi connectivity index (χ3n) is 4.06. The Morgan fingerprint density at radius 2 is 1.89 bits per heavy atom. The summed E-state index contributed by atoms with van der Waals surface area (Å²) >= 11 is 1.56. The first-order valence-corrected chi connectivity index (χ1v) is 9.06. The maximum Gasteiger partial charge on any atom is 0.271 e. The lowest BCUT2D eigenvalue weighted by Gasteiger charge is -2.07. The van der Waals surface area contributed by atoms with Gasteiger partial charge in [0.1, 0.15) is 11.5 Å². The molecule has 27 heavy (non-hydrogen) atoms. The fraction of sp³-hybridized carbons (Fsp3) is 0.211. The second-order valence-corrected chi connectivity index (χ2v) is 6.65. The average Bonchev–Trinajstić information content (AvgIpc) is 3.29. The summed E-state index contributed by atoms with van der Waals surface area (Å²) in [7, 11) is 3.07. The molecule has 1 aromatic carbocycles.